The highest BCUT2D eigenvalue weighted by atomic mass is 35.5. The summed E-state index contributed by atoms with van der Waals surface area (Å²) in [6.45, 7) is 1.13. The average molecular weight is 349 g/mol. The van der Waals surface area contributed by atoms with Crippen molar-refractivity contribution < 1.29 is 13.2 Å². The molecule has 0 fully saturated rings. The highest BCUT2D eigenvalue weighted by molar-refractivity contribution is 7.90. The van der Waals surface area contributed by atoms with E-state index >= 15 is 0 Å². The summed E-state index contributed by atoms with van der Waals surface area (Å²) in [6.07, 6.45) is 5.66. The molecule has 0 heterocycles. The molecule has 126 valence electrons. The quantitative estimate of drug-likeness (QED) is 0.668. The number of benzene rings is 1. The summed E-state index contributed by atoms with van der Waals surface area (Å²) in [5.74, 6) is 0.0231. The van der Waals surface area contributed by atoms with Crippen molar-refractivity contribution in [3.63, 3.8) is 0 Å². The third kappa shape index (κ3) is 8.36. The van der Waals surface area contributed by atoms with Crippen LogP contribution in [0.2, 0.25) is 0 Å². The van der Waals surface area contributed by atoms with Gasteiger partial charge in [0, 0.05) is 19.2 Å². The molecule has 1 aromatic rings. The Labute approximate surface area is 139 Å². The van der Waals surface area contributed by atoms with Gasteiger partial charge in [0.2, 0.25) is 5.91 Å². The van der Waals surface area contributed by atoms with Gasteiger partial charge < -0.3 is 11.1 Å². The first-order valence-electron chi connectivity index (χ1n) is 7.19. The molecule has 0 aromatic heterocycles. The molecule has 0 unspecified atom stereocenters. The summed E-state index contributed by atoms with van der Waals surface area (Å²) in [5.41, 5.74) is 6.29. The number of halogens is 1. The summed E-state index contributed by atoms with van der Waals surface area (Å²) in [6, 6.07) is 6.56. The molecule has 0 bridgehead atoms. The minimum atomic E-state index is -3.17. The number of rotatable bonds is 9. The number of unbranched alkanes of at least 4 members (excludes halogenated alkanes) is 3. The van der Waals surface area contributed by atoms with Crippen LogP contribution in [0.3, 0.4) is 0 Å². The number of amides is 1. The Morgan fingerprint density at radius 1 is 1.09 bits per heavy atom. The lowest BCUT2D eigenvalue weighted by Crippen LogP contribution is -2.22. The van der Waals surface area contributed by atoms with Crippen molar-refractivity contribution in [3.8, 4) is 0 Å². The fourth-order valence-electron chi connectivity index (χ4n) is 1.93. The molecule has 0 saturated heterocycles. The van der Waals surface area contributed by atoms with Crippen LogP contribution in [0.4, 0.5) is 0 Å². The summed E-state index contributed by atoms with van der Waals surface area (Å²) in [5, 5.41) is 2.83. The third-order valence-electron chi connectivity index (χ3n) is 3.20. The van der Waals surface area contributed by atoms with Crippen LogP contribution in [0, 0.1) is 0 Å². The first-order chi connectivity index (χ1) is 9.93. The molecule has 1 rings (SSSR count). The Morgan fingerprint density at radius 2 is 1.68 bits per heavy atom. The van der Waals surface area contributed by atoms with Gasteiger partial charge in [-0.05, 0) is 37.1 Å². The van der Waals surface area contributed by atoms with Crippen LogP contribution in [-0.2, 0) is 21.2 Å². The number of nitrogens with two attached hydrogens (primary N) is 1. The first-order valence-corrected chi connectivity index (χ1v) is 9.08. The van der Waals surface area contributed by atoms with Crippen molar-refractivity contribution in [1.29, 1.82) is 0 Å². The number of sulfone groups is 1. The molecule has 22 heavy (non-hydrogen) atoms. The summed E-state index contributed by atoms with van der Waals surface area (Å²) < 4.78 is 22.7. The van der Waals surface area contributed by atoms with Crippen molar-refractivity contribution in [2.45, 2.75) is 43.5 Å². The van der Waals surface area contributed by atoms with Crippen LogP contribution in [0.15, 0.2) is 29.2 Å². The van der Waals surface area contributed by atoms with Crippen molar-refractivity contribution in [3.05, 3.63) is 29.8 Å². The van der Waals surface area contributed by atoms with E-state index in [2.05, 4.69) is 5.32 Å². The Hall–Kier alpha value is -1.11. The van der Waals surface area contributed by atoms with Gasteiger partial charge in [-0.25, -0.2) is 8.42 Å². The Morgan fingerprint density at radius 3 is 2.23 bits per heavy atom. The van der Waals surface area contributed by atoms with E-state index in [1.54, 1.807) is 24.3 Å². The molecule has 0 radical (unpaired) electrons. The van der Waals surface area contributed by atoms with Gasteiger partial charge in [0.1, 0.15) is 0 Å². The SMILES string of the molecule is CS(=O)(=O)c1ccc(CNC(=O)CCCCCCN)cc1.Cl. The van der Waals surface area contributed by atoms with Crippen molar-refractivity contribution >= 4 is 28.2 Å². The molecule has 3 N–H and O–H groups in total. The largest absolute Gasteiger partial charge is 0.352 e. The van der Waals surface area contributed by atoms with Gasteiger partial charge in [-0.15, -0.1) is 12.4 Å². The van der Waals surface area contributed by atoms with Crippen LogP contribution in [0.25, 0.3) is 0 Å². The molecule has 0 atom stereocenters. The van der Waals surface area contributed by atoms with Crippen LogP contribution < -0.4 is 11.1 Å². The maximum Gasteiger partial charge on any atom is 0.220 e. The number of hydrogen-bond acceptors (Lipinski definition) is 4. The second-order valence-corrected chi connectivity index (χ2v) is 7.16. The monoisotopic (exact) mass is 348 g/mol. The predicted molar refractivity (Wildman–Crippen MR) is 90.8 cm³/mol. The van der Waals surface area contributed by atoms with Gasteiger partial charge in [0.25, 0.3) is 0 Å². The fourth-order valence-corrected chi connectivity index (χ4v) is 2.56. The number of carbonyl (C=O) groups excluding carboxylic acids is 1. The molecule has 0 spiro atoms. The molecule has 0 aliphatic heterocycles. The predicted octanol–water partition coefficient (Wildman–Crippen LogP) is 2.04. The smallest absolute Gasteiger partial charge is 0.220 e. The van der Waals surface area contributed by atoms with Gasteiger partial charge in [0.05, 0.1) is 4.90 Å². The minimum Gasteiger partial charge on any atom is -0.352 e. The topological polar surface area (TPSA) is 89.3 Å². The van der Waals surface area contributed by atoms with E-state index < -0.39 is 9.84 Å². The standard InChI is InChI=1S/C15H24N2O3S.ClH/c1-21(19,20)14-9-7-13(8-10-14)12-17-15(18)6-4-2-3-5-11-16;/h7-10H,2-6,11-12,16H2,1H3,(H,17,18);1H. The zero-order valence-corrected chi connectivity index (χ0v) is 14.5. The summed E-state index contributed by atoms with van der Waals surface area (Å²) in [4.78, 5) is 11.9. The van der Waals surface area contributed by atoms with E-state index in [0.717, 1.165) is 31.2 Å². The van der Waals surface area contributed by atoms with Crippen LogP contribution >= 0.6 is 12.4 Å². The lowest BCUT2D eigenvalue weighted by Gasteiger charge is -2.06. The van der Waals surface area contributed by atoms with Crippen LogP contribution in [0.5, 0.6) is 0 Å². The van der Waals surface area contributed by atoms with Gasteiger partial charge in [-0.2, -0.15) is 0 Å². The van der Waals surface area contributed by atoms with Crippen molar-refractivity contribution in [1.82, 2.24) is 5.32 Å². The zero-order valence-electron chi connectivity index (χ0n) is 12.9. The summed E-state index contributed by atoms with van der Waals surface area (Å²) in [7, 11) is -3.17. The maximum atomic E-state index is 11.6. The van der Waals surface area contributed by atoms with Gasteiger partial charge in [-0.1, -0.05) is 25.0 Å². The number of nitrogens with one attached hydrogen (secondary N) is 1. The Bertz CT molecular complexity index is 544. The third-order valence-corrected chi connectivity index (χ3v) is 4.33. The molecule has 1 aromatic carbocycles. The lowest BCUT2D eigenvalue weighted by atomic mass is 10.1. The normalized spacial score (nSPS) is 10.8. The molecule has 0 saturated carbocycles. The van der Waals surface area contributed by atoms with E-state index in [1.807, 2.05) is 0 Å². The molecule has 0 aliphatic carbocycles. The maximum absolute atomic E-state index is 11.6. The summed E-state index contributed by atoms with van der Waals surface area (Å²) >= 11 is 0. The first kappa shape index (κ1) is 20.9. The molecular formula is C15H25ClN2O3S. The second kappa shape index (κ2) is 10.6. The van der Waals surface area contributed by atoms with Gasteiger partial charge in [-0.3, -0.25) is 4.79 Å². The van der Waals surface area contributed by atoms with E-state index in [1.165, 1.54) is 6.26 Å². The highest BCUT2D eigenvalue weighted by Gasteiger charge is 2.06. The molecule has 7 heteroatoms. The van der Waals surface area contributed by atoms with E-state index in [-0.39, 0.29) is 23.2 Å². The molecule has 5 nitrogen and oxygen atoms in total. The van der Waals surface area contributed by atoms with Gasteiger partial charge >= 0.3 is 0 Å². The lowest BCUT2D eigenvalue weighted by molar-refractivity contribution is -0.121. The number of hydrogen-bond donors (Lipinski definition) is 2. The fraction of sp³-hybridized carbons (Fsp3) is 0.533. The average Bonchev–Trinajstić information content (AvgIpc) is 2.44. The molecular weight excluding hydrogens is 324 g/mol. The van der Waals surface area contributed by atoms with Crippen molar-refractivity contribution in [2.75, 3.05) is 12.8 Å². The number of carbonyl (C=O) groups is 1. The van der Waals surface area contributed by atoms with Gasteiger partial charge in [0.15, 0.2) is 9.84 Å². The van der Waals surface area contributed by atoms with E-state index in [9.17, 15) is 13.2 Å². The molecule has 1 amide bonds. The zero-order chi connectivity index (χ0) is 15.7. The minimum absolute atomic E-state index is 0. The van der Waals surface area contributed by atoms with E-state index in [4.69, 9.17) is 5.73 Å². The Kier molecular flexibility index (Phi) is 10.1. The highest BCUT2D eigenvalue weighted by Crippen LogP contribution is 2.10. The van der Waals surface area contributed by atoms with E-state index in [0.29, 0.717) is 19.5 Å². The van der Waals surface area contributed by atoms with Crippen LogP contribution in [-0.4, -0.2) is 27.1 Å². The van der Waals surface area contributed by atoms with Crippen LogP contribution in [0.1, 0.15) is 37.7 Å². The Balaban J connectivity index is 0.00000441. The van der Waals surface area contributed by atoms with Crippen molar-refractivity contribution in [2.24, 2.45) is 5.73 Å². The second-order valence-electron chi connectivity index (χ2n) is 5.15. The molecule has 0 aliphatic rings.